The number of aliphatic hydroxyl groups excluding tert-OH is 8. The minimum absolute atomic E-state index is 0.260. The van der Waals surface area contributed by atoms with E-state index >= 15 is 0 Å². The summed E-state index contributed by atoms with van der Waals surface area (Å²) < 4.78 is 22.7. The number of unbranched alkanes of at least 4 members (excludes halogenated alkanes) is 22. The van der Waals surface area contributed by atoms with Crippen molar-refractivity contribution < 1.29 is 64.6 Å². The second-order valence-corrected chi connectivity index (χ2v) is 19.7. The molecule has 14 nitrogen and oxygen atoms in total. The SMILES string of the molecule is CCCCC/C=C\C/C=C\CCCCCCCCCCCC(=O)NC(COC1OC(CO)C(OC2OC(CO)C(O)C(O)C2O)C(O)C1O)C(O)/C=C/CC/C=C/CC/C=C/CCCCCCCCCC. The Kier molecular flexibility index (Phi) is 39.2. The van der Waals surface area contributed by atoms with Crippen LogP contribution in [0.3, 0.4) is 0 Å². The quantitative estimate of drug-likeness (QED) is 0.0206. The molecular weight excluding hydrogens is 907 g/mol. The Morgan fingerprint density at radius 2 is 0.944 bits per heavy atom. The molecule has 0 bridgehead atoms. The zero-order valence-corrected chi connectivity index (χ0v) is 43.9. The Morgan fingerprint density at radius 1 is 0.507 bits per heavy atom. The summed E-state index contributed by atoms with van der Waals surface area (Å²) in [5.74, 6) is -0.260. The molecule has 2 aliphatic rings. The van der Waals surface area contributed by atoms with Gasteiger partial charge >= 0.3 is 0 Å². The molecule has 0 aliphatic carbocycles. The Balaban J connectivity index is 1.83. The van der Waals surface area contributed by atoms with E-state index in [0.29, 0.717) is 12.8 Å². The molecule has 12 unspecified atom stereocenters. The van der Waals surface area contributed by atoms with Crippen LogP contribution in [0.4, 0.5) is 0 Å². The van der Waals surface area contributed by atoms with Crippen LogP contribution < -0.4 is 5.32 Å². The van der Waals surface area contributed by atoms with Gasteiger partial charge in [0.05, 0.1) is 32.0 Å². The van der Waals surface area contributed by atoms with Crippen molar-refractivity contribution in [1.82, 2.24) is 5.32 Å². The average molecular weight is 1010 g/mol. The molecule has 412 valence electrons. The largest absolute Gasteiger partial charge is 0.394 e. The van der Waals surface area contributed by atoms with Crippen LogP contribution >= 0.6 is 0 Å². The highest BCUT2D eigenvalue weighted by atomic mass is 16.7. The molecule has 1 amide bonds. The smallest absolute Gasteiger partial charge is 0.220 e. The topological polar surface area (TPSA) is 228 Å². The third-order valence-corrected chi connectivity index (χ3v) is 13.4. The van der Waals surface area contributed by atoms with Gasteiger partial charge in [-0.15, -0.1) is 0 Å². The summed E-state index contributed by atoms with van der Waals surface area (Å²) in [6.07, 6.45) is 36.8. The summed E-state index contributed by atoms with van der Waals surface area (Å²) in [5.41, 5.74) is 0. The van der Waals surface area contributed by atoms with Crippen molar-refractivity contribution in [3.63, 3.8) is 0 Å². The predicted octanol–water partition coefficient (Wildman–Crippen LogP) is 8.61. The van der Waals surface area contributed by atoms with Crippen LogP contribution in [0.15, 0.2) is 60.8 Å². The summed E-state index contributed by atoms with van der Waals surface area (Å²) in [4.78, 5) is 13.2. The Morgan fingerprint density at radius 3 is 1.49 bits per heavy atom. The van der Waals surface area contributed by atoms with Gasteiger partial charge in [0, 0.05) is 6.42 Å². The van der Waals surface area contributed by atoms with E-state index in [0.717, 1.165) is 57.8 Å². The third-order valence-electron chi connectivity index (χ3n) is 13.4. The van der Waals surface area contributed by atoms with Gasteiger partial charge in [-0.05, 0) is 77.0 Å². The lowest BCUT2D eigenvalue weighted by Crippen LogP contribution is -2.65. The second-order valence-electron chi connectivity index (χ2n) is 19.7. The lowest BCUT2D eigenvalue weighted by atomic mass is 9.97. The predicted molar refractivity (Wildman–Crippen MR) is 281 cm³/mol. The van der Waals surface area contributed by atoms with E-state index in [9.17, 15) is 45.6 Å². The zero-order valence-electron chi connectivity index (χ0n) is 43.9. The molecule has 0 aromatic carbocycles. The second kappa shape index (κ2) is 43.0. The summed E-state index contributed by atoms with van der Waals surface area (Å²) >= 11 is 0. The number of rotatable bonds is 43. The van der Waals surface area contributed by atoms with Gasteiger partial charge in [0.2, 0.25) is 5.91 Å². The first-order valence-corrected chi connectivity index (χ1v) is 28.0. The highest BCUT2D eigenvalue weighted by Crippen LogP contribution is 2.30. The monoisotopic (exact) mass is 1010 g/mol. The van der Waals surface area contributed by atoms with Crippen molar-refractivity contribution in [2.75, 3.05) is 19.8 Å². The minimum Gasteiger partial charge on any atom is -0.394 e. The van der Waals surface area contributed by atoms with Crippen molar-refractivity contribution >= 4 is 5.91 Å². The molecule has 0 saturated carbocycles. The molecule has 14 heteroatoms. The molecule has 2 heterocycles. The molecule has 0 radical (unpaired) electrons. The van der Waals surface area contributed by atoms with Crippen LogP contribution in [-0.2, 0) is 23.7 Å². The van der Waals surface area contributed by atoms with E-state index in [2.05, 4.69) is 67.8 Å². The van der Waals surface area contributed by atoms with E-state index in [1.54, 1.807) is 6.08 Å². The van der Waals surface area contributed by atoms with Crippen molar-refractivity contribution in [3.8, 4) is 0 Å². The van der Waals surface area contributed by atoms with Crippen LogP contribution in [-0.4, -0.2) is 140 Å². The highest BCUT2D eigenvalue weighted by Gasteiger charge is 2.51. The van der Waals surface area contributed by atoms with Gasteiger partial charge in [-0.3, -0.25) is 4.79 Å². The van der Waals surface area contributed by atoms with Gasteiger partial charge in [-0.1, -0.05) is 177 Å². The van der Waals surface area contributed by atoms with Gasteiger partial charge in [-0.2, -0.15) is 0 Å². The van der Waals surface area contributed by atoms with Gasteiger partial charge in [-0.25, -0.2) is 0 Å². The van der Waals surface area contributed by atoms with E-state index in [-0.39, 0.29) is 18.9 Å². The van der Waals surface area contributed by atoms with Crippen LogP contribution in [0.2, 0.25) is 0 Å². The molecule has 2 aliphatic heterocycles. The number of ether oxygens (including phenoxy) is 4. The summed E-state index contributed by atoms with van der Waals surface area (Å²) in [6, 6.07) is -0.942. The molecule has 0 spiro atoms. The summed E-state index contributed by atoms with van der Waals surface area (Å²) in [5, 5.41) is 86.9. The van der Waals surface area contributed by atoms with Crippen molar-refractivity contribution in [3.05, 3.63) is 60.8 Å². The maximum absolute atomic E-state index is 13.2. The van der Waals surface area contributed by atoms with Gasteiger partial charge in [0.1, 0.15) is 48.8 Å². The van der Waals surface area contributed by atoms with E-state index in [1.165, 1.54) is 109 Å². The maximum atomic E-state index is 13.2. The summed E-state index contributed by atoms with van der Waals surface area (Å²) in [6.45, 7) is 2.73. The number of aliphatic hydroxyl groups is 8. The van der Waals surface area contributed by atoms with Crippen molar-refractivity contribution in [2.24, 2.45) is 0 Å². The standard InChI is InChI=1S/C57H101NO13/c1-3-5-7-9-11-13-15-17-19-21-23-25-27-29-31-33-35-37-39-41-49(62)58-45(46(61)40-38-36-34-32-30-28-26-24-22-20-18-16-14-12-10-8-6-4-2)44-68-56-54(67)52(65)55(48(43-60)70-56)71-57-53(66)51(64)50(63)47(42-59)69-57/h11,13,17,19,22,24,30,32,38,40,45-48,50-57,59-61,63-67H,3-10,12,14-16,18,20-21,23,25-29,31,33-37,39,41-44H2,1-2H3,(H,58,62)/b13-11-,19-17-,24-22+,32-30+,40-38+. The number of carbonyl (C=O) groups excluding carboxylic acids is 1. The minimum atomic E-state index is -1.79. The molecule has 0 aromatic heterocycles. The number of hydrogen-bond donors (Lipinski definition) is 9. The first kappa shape index (κ1) is 64.8. The first-order valence-electron chi connectivity index (χ1n) is 28.0. The Labute approximate surface area is 428 Å². The Bertz CT molecular complexity index is 1420. The van der Waals surface area contributed by atoms with Crippen molar-refractivity contribution in [2.45, 2.75) is 274 Å². The first-order chi connectivity index (χ1) is 34.6. The van der Waals surface area contributed by atoms with Crippen LogP contribution in [0.25, 0.3) is 0 Å². The highest BCUT2D eigenvalue weighted by molar-refractivity contribution is 5.76. The van der Waals surface area contributed by atoms with Gasteiger partial charge in [0.15, 0.2) is 12.6 Å². The normalized spacial score (nSPS) is 26.2. The lowest BCUT2D eigenvalue weighted by molar-refractivity contribution is -0.359. The van der Waals surface area contributed by atoms with E-state index < -0.39 is 86.8 Å². The van der Waals surface area contributed by atoms with E-state index in [1.807, 2.05) is 6.08 Å². The fourth-order valence-corrected chi connectivity index (χ4v) is 8.82. The summed E-state index contributed by atoms with van der Waals surface area (Å²) in [7, 11) is 0. The fraction of sp³-hybridized carbons (Fsp3) is 0.807. The number of allylic oxidation sites excluding steroid dienone is 9. The molecule has 71 heavy (non-hydrogen) atoms. The lowest BCUT2D eigenvalue weighted by Gasteiger charge is -2.46. The van der Waals surface area contributed by atoms with Crippen molar-refractivity contribution in [1.29, 1.82) is 0 Å². The zero-order chi connectivity index (χ0) is 51.7. The number of hydrogen-bond acceptors (Lipinski definition) is 13. The van der Waals surface area contributed by atoms with Crippen LogP contribution in [0.1, 0.15) is 200 Å². The molecular formula is C57H101NO13. The van der Waals surface area contributed by atoms with Crippen LogP contribution in [0.5, 0.6) is 0 Å². The third kappa shape index (κ3) is 29.4. The molecule has 0 aromatic rings. The number of carbonyl (C=O) groups is 1. The molecule has 9 N–H and O–H groups in total. The molecule has 12 atom stereocenters. The average Bonchev–Trinajstić information content (AvgIpc) is 3.37. The van der Waals surface area contributed by atoms with E-state index in [4.69, 9.17) is 18.9 Å². The van der Waals surface area contributed by atoms with Gasteiger partial charge < -0.3 is 65.1 Å². The fourth-order valence-electron chi connectivity index (χ4n) is 8.82. The van der Waals surface area contributed by atoms with Crippen LogP contribution in [0, 0.1) is 0 Å². The Hall–Kier alpha value is -2.31. The maximum Gasteiger partial charge on any atom is 0.220 e. The molecule has 2 fully saturated rings. The molecule has 2 saturated heterocycles. The van der Waals surface area contributed by atoms with Gasteiger partial charge in [0.25, 0.3) is 0 Å². The number of amides is 1. The number of nitrogens with one attached hydrogen (secondary N) is 1. The molecule has 2 rings (SSSR count).